The second-order valence-electron chi connectivity index (χ2n) is 7.67. The minimum atomic E-state index is -0.583. The number of carbonyl (C=O) groups excluding carboxylic acids is 1. The van der Waals surface area contributed by atoms with Crippen LogP contribution in [0.5, 0.6) is 11.5 Å². The number of nitrogens with zero attached hydrogens (tertiary/aromatic N) is 2. The Balaban J connectivity index is 1.89. The van der Waals surface area contributed by atoms with Crippen LogP contribution in [0.3, 0.4) is 0 Å². The summed E-state index contributed by atoms with van der Waals surface area (Å²) in [6.07, 6.45) is 1.51. The van der Waals surface area contributed by atoms with Crippen molar-refractivity contribution in [3.8, 4) is 11.5 Å². The zero-order chi connectivity index (χ0) is 23.7. The molecule has 2 aromatic heterocycles. The average Bonchev–Trinajstić information content (AvgIpc) is 3.41. The Hall–Kier alpha value is -3.17. The predicted octanol–water partition coefficient (Wildman–Crippen LogP) is 3.27. The molecule has 0 amide bonds. The second-order valence-corrected chi connectivity index (χ2v) is 9.65. The molecule has 0 radical (unpaired) electrons. The Bertz CT molecular complexity index is 1400. The summed E-state index contributed by atoms with van der Waals surface area (Å²) in [5.74, 6) is 0.724. The highest BCUT2D eigenvalue weighted by atomic mass is 32.1. The number of esters is 1. The summed E-state index contributed by atoms with van der Waals surface area (Å²) in [7, 11) is 3.14. The summed E-state index contributed by atoms with van der Waals surface area (Å²) in [4.78, 5) is 32.6. The third-order valence-corrected chi connectivity index (χ3v) is 7.01. The van der Waals surface area contributed by atoms with E-state index in [9.17, 15) is 9.59 Å². The molecule has 4 rings (SSSR count). The minimum absolute atomic E-state index is 0.214. The first-order chi connectivity index (χ1) is 15.8. The first-order valence-electron chi connectivity index (χ1n) is 10.3. The summed E-state index contributed by atoms with van der Waals surface area (Å²) in [5.41, 5.74) is 1.52. The molecule has 0 saturated carbocycles. The van der Waals surface area contributed by atoms with Crippen molar-refractivity contribution >= 4 is 34.7 Å². The number of carbonyl (C=O) groups is 1. The molecule has 3 aromatic rings. The largest absolute Gasteiger partial charge is 0.493 e. The van der Waals surface area contributed by atoms with Gasteiger partial charge in [0.1, 0.15) is 6.04 Å². The molecule has 1 aliphatic rings. The van der Waals surface area contributed by atoms with E-state index in [0.717, 1.165) is 10.4 Å². The molecule has 0 fully saturated rings. The number of methoxy groups -OCH3 is 2. The van der Waals surface area contributed by atoms with Crippen LogP contribution in [-0.4, -0.2) is 30.9 Å². The maximum absolute atomic E-state index is 13.6. The highest BCUT2D eigenvalue weighted by Gasteiger charge is 2.34. The summed E-state index contributed by atoms with van der Waals surface area (Å²) < 4.78 is 18.3. The third-order valence-electron chi connectivity index (χ3n) is 5.10. The van der Waals surface area contributed by atoms with E-state index < -0.39 is 12.0 Å². The van der Waals surface area contributed by atoms with Crippen LogP contribution in [0.1, 0.15) is 37.3 Å². The van der Waals surface area contributed by atoms with Gasteiger partial charge in [-0.25, -0.2) is 9.79 Å². The number of thiazole rings is 1. The van der Waals surface area contributed by atoms with Gasteiger partial charge in [0.25, 0.3) is 5.56 Å². The number of fused-ring (bicyclic) bond motifs is 1. The lowest BCUT2D eigenvalue weighted by atomic mass is 10.0. The van der Waals surface area contributed by atoms with Crippen LogP contribution >= 0.6 is 22.7 Å². The van der Waals surface area contributed by atoms with Gasteiger partial charge in [0, 0.05) is 4.88 Å². The fourth-order valence-electron chi connectivity index (χ4n) is 3.67. The molecule has 33 heavy (non-hydrogen) atoms. The lowest BCUT2D eigenvalue weighted by molar-refractivity contribution is -0.143. The molecule has 172 valence electrons. The Morgan fingerprint density at radius 1 is 1.18 bits per heavy atom. The number of allylic oxidation sites excluding steroid dienone is 1. The number of benzene rings is 1. The Morgan fingerprint density at radius 2 is 1.94 bits per heavy atom. The molecule has 0 spiro atoms. The van der Waals surface area contributed by atoms with E-state index in [1.54, 1.807) is 51.7 Å². The van der Waals surface area contributed by atoms with Crippen LogP contribution in [0.25, 0.3) is 6.08 Å². The lowest BCUT2D eigenvalue weighted by Gasteiger charge is -2.24. The number of hydrogen-bond donors (Lipinski definition) is 0. The molecule has 1 unspecified atom stereocenters. The van der Waals surface area contributed by atoms with Gasteiger partial charge < -0.3 is 14.2 Å². The van der Waals surface area contributed by atoms with E-state index in [4.69, 9.17) is 14.2 Å². The van der Waals surface area contributed by atoms with E-state index in [2.05, 4.69) is 4.99 Å². The zero-order valence-corrected chi connectivity index (χ0v) is 20.6. The molecule has 0 aliphatic carbocycles. The van der Waals surface area contributed by atoms with Crippen LogP contribution in [0.4, 0.5) is 0 Å². The maximum Gasteiger partial charge on any atom is 0.338 e. The quantitative estimate of drug-likeness (QED) is 0.502. The van der Waals surface area contributed by atoms with Crippen LogP contribution in [-0.2, 0) is 9.53 Å². The van der Waals surface area contributed by atoms with Gasteiger partial charge in [0.15, 0.2) is 16.3 Å². The van der Waals surface area contributed by atoms with Crippen LogP contribution in [0, 0.1) is 0 Å². The van der Waals surface area contributed by atoms with Gasteiger partial charge in [-0.3, -0.25) is 9.36 Å². The lowest BCUT2D eigenvalue weighted by Crippen LogP contribution is -2.39. The smallest absolute Gasteiger partial charge is 0.338 e. The highest BCUT2D eigenvalue weighted by molar-refractivity contribution is 7.10. The summed E-state index contributed by atoms with van der Waals surface area (Å²) >= 11 is 2.77. The van der Waals surface area contributed by atoms with Crippen molar-refractivity contribution in [1.29, 1.82) is 0 Å². The monoisotopic (exact) mass is 484 g/mol. The molecule has 0 saturated heterocycles. The summed E-state index contributed by atoms with van der Waals surface area (Å²) in [5, 5.41) is 1.93. The van der Waals surface area contributed by atoms with Crippen LogP contribution in [0.15, 0.2) is 56.8 Å². The predicted molar refractivity (Wildman–Crippen MR) is 129 cm³/mol. The maximum atomic E-state index is 13.6. The molecule has 3 heterocycles. The van der Waals surface area contributed by atoms with E-state index in [1.807, 2.05) is 29.6 Å². The standard InChI is InChI=1S/C24H24N2O5S2/c1-13(2)31-23(28)20-14(3)25-24-26(21(20)18-7-6-10-32-18)22(27)19(33-24)12-15-8-9-16(29-4)17(11-15)30-5/h6-13,21H,1-5H3. The number of ether oxygens (including phenoxy) is 3. The Morgan fingerprint density at radius 3 is 2.58 bits per heavy atom. The van der Waals surface area contributed by atoms with Gasteiger partial charge in [-0.05, 0) is 56.0 Å². The van der Waals surface area contributed by atoms with Gasteiger partial charge in [-0.1, -0.05) is 23.5 Å². The van der Waals surface area contributed by atoms with Gasteiger partial charge in [-0.15, -0.1) is 11.3 Å². The topological polar surface area (TPSA) is 79.1 Å². The fraction of sp³-hybridized carbons (Fsp3) is 0.292. The van der Waals surface area contributed by atoms with Crippen molar-refractivity contribution in [2.75, 3.05) is 14.2 Å². The molecular weight excluding hydrogens is 460 g/mol. The van der Waals surface area contributed by atoms with E-state index >= 15 is 0 Å². The molecule has 1 atom stereocenters. The SMILES string of the molecule is COc1ccc(C=c2sc3n(c2=O)C(c2cccs2)C(C(=O)OC(C)C)=C(C)N=3)cc1OC. The Labute approximate surface area is 198 Å². The van der Waals surface area contributed by atoms with Crippen LogP contribution in [0.2, 0.25) is 0 Å². The number of rotatable bonds is 6. The van der Waals surface area contributed by atoms with Crippen molar-refractivity contribution in [2.24, 2.45) is 4.99 Å². The molecule has 9 heteroatoms. The summed E-state index contributed by atoms with van der Waals surface area (Å²) in [6.45, 7) is 5.38. The highest BCUT2D eigenvalue weighted by Crippen LogP contribution is 2.33. The first-order valence-corrected chi connectivity index (χ1v) is 12.0. The van der Waals surface area contributed by atoms with Crippen molar-refractivity contribution in [3.05, 3.63) is 77.1 Å². The van der Waals surface area contributed by atoms with E-state index in [-0.39, 0.29) is 11.7 Å². The molecule has 7 nitrogen and oxygen atoms in total. The van der Waals surface area contributed by atoms with Gasteiger partial charge >= 0.3 is 5.97 Å². The van der Waals surface area contributed by atoms with Crippen molar-refractivity contribution in [2.45, 2.75) is 32.9 Å². The average molecular weight is 485 g/mol. The molecule has 1 aliphatic heterocycles. The molecule has 1 aromatic carbocycles. The van der Waals surface area contributed by atoms with Crippen molar-refractivity contribution in [3.63, 3.8) is 0 Å². The van der Waals surface area contributed by atoms with Gasteiger partial charge in [0.2, 0.25) is 0 Å². The van der Waals surface area contributed by atoms with E-state index in [1.165, 1.54) is 22.7 Å². The van der Waals surface area contributed by atoms with Crippen LogP contribution < -0.4 is 24.4 Å². The van der Waals surface area contributed by atoms with Gasteiger partial charge in [0.05, 0.1) is 36.1 Å². The second kappa shape index (κ2) is 9.36. The molecule has 0 bridgehead atoms. The fourth-order valence-corrected chi connectivity index (χ4v) is 5.54. The third kappa shape index (κ3) is 4.38. The van der Waals surface area contributed by atoms with E-state index in [0.29, 0.717) is 32.1 Å². The zero-order valence-electron chi connectivity index (χ0n) is 18.9. The van der Waals surface area contributed by atoms with Crippen molar-refractivity contribution < 1.29 is 19.0 Å². The number of hydrogen-bond acceptors (Lipinski definition) is 8. The Kier molecular flexibility index (Phi) is 6.53. The number of thiophene rings is 1. The number of aromatic nitrogens is 1. The van der Waals surface area contributed by atoms with Gasteiger partial charge in [-0.2, -0.15) is 0 Å². The van der Waals surface area contributed by atoms with Crippen molar-refractivity contribution in [1.82, 2.24) is 4.57 Å². The normalized spacial score (nSPS) is 15.9. The molecule has 0 N–H and O–H groups in total. The first kappa shape index (κ1) is 23.0. The minimum Gasteiger partial charge on any atom is -0.493 e. The molecular formula is C24H24N2O5S2. The summed E-state index contributed by atoms with van der Waals surface area (Å²) in [6, 6.07) is 8.69.